The number of rotatable bonds is 2. The van der Waals surface area contributed by atoms with E-state index in [1.807, 2.05) is 30.3 Å². The molecule has 2 aromatic rings. The van der Waals surface area contributed by atoms with Crippen LogP contribution >= 0.6 is 12.2 Å². The summed E-state index contributed by atoms with van der Waals surface area (Å²) in [6, 6.07) is 9.66. The second-order valence-electron chi connectivity index (χ2n) is 3.63. The van der Waals surface area contributed by atoms with Crippen molar-refractivity contribution in [2.24, 2.45) is 0 Å². The maximum atomic E-state index is 11.3. The number of benzene rings is 1. The van der Waals surface area contributed by atoms with Gasteiger partial charge in [0.15, 0.2) is 4.77 Å². The molecule has 2 rings (SSSR count). The normalized spacial score (nSPS) is 10.4. The first-order valence-corrected chi connectivity index (χ1v) is 5.42. The van der Waals surface area contributed by atoms with E-state index >= 15 is 0 Å². The van der Waals surface area contributed by atoms with Gasteiger partial charge in [0.05, 0.1) is 6.54 Å². The topological polar surface area (TPSA) is 89.8 Å². The van der Waals surface area contributed by atoms with Gasteiger partial charge in [0.25, 0.3) is 5.56 Å². The Morgan fingerprint density at radius 1 is 1.24 bits per heavy atom. The zero-order valence-corrected chi connectivity index (χ0v) is 9.83. The first kappa shape index (κ1) is 11.4. The number of aromatic amines is 1. The molecule has 0 unspecified atom stereocenters. The van der Waals surface area contributed by atoms with E-state index in [1.54, 1.807) is 4.57 Å². The minimum atomic E-state index is -0.447. The van der Waals surface area contributed by atoms with Crippen molar-refractivity contribution in [2.75, 3.05) is 11.5 Å². The van der Waals surface area contributed by atoms with Crippen LogP contribution in [0.15, 0.2) is 35.1 Å². The van der Waals surface area contributed by atoms with E-state index in [-0.39, 0.29) is 16.3 Å². The van der Waals surface area contributed by atoms with E-state index in [9.17, 15) is 4.79 Å². The monoisotopic (exact) mass is 248 g/mol. The third kappa shape index (κ3) is 2.21. The van der Waals surface area contributed by atoms with E-state index in [2.05, 4.69) is 4.98 Å². The molecular formula is C11H12N4OS. The van der Waals surface area contributed by atoms with Gasteiger partial charge in [-0.2, -0.15) is 0 Å². The fraction of sp³-hybridized carbons (Fsp3) is 0.0909. The maximum absolute atomic E-state index is 11.3. The van der Waals surface area contributed by atoms with Gasteiger partial charge in [0.1, 0.15) is 11.5 Å². The summed E-state index contributed by atoms with van der Waals surface area (Å²) in [6.07, 6.45) is 0. The molecule has 17 heavy (non-hydrogen) atoms. The standard InChI is InChI=1S/C11H12N4OS/c12-8-9(13)15(11(17)14-10(8)16)6-7-4-2-1-3-5-7/h1-5H,6,12-13H2,(H,14,16,17). The lowest BCUT2D eigenvalue weighted by Gasteiger charge is -2.11. The summed E-state index contributed by atoms with van der Waals surface area (Å²) in [4.78, 5) is 13.8. The number of hydrogen-bond donors (Lipinski definition) is 3. The Labute approximate surface area is 103 Å². The molecule has 0 spiro atoms. The van der Waals surface area contributed by atoms with Crippen molar-refractivity contribution in [3.63, 3.8) is 0 Å². The summed E-state index contributed by atoms with van der Waals surface area (Å²) >= 11 is 5.06. The maximum Gasteiger partial charge on any atom is 0.277 e. The summed E-state index contributed by atoms with van der Waals surface area (Å²) in [7, 11) is 0. The third-order valence-electron chi connectivity index (χ3n) is 2.46. The highest BCUT2D eigenvalue weighted by molar-refractivity contribution is 7.71. The second-order valence-corrected chi connectivity index (χ2v) is 4.02. The molecule has 5 nitrogen and oxygen atoms in total. The van der Waals surface area contributed by atoms with Gasteiger partial charge in [0.2, 0.25) is 0 Å². The van der Waals surface area contributed by atoms with E-state index in [1.165, 1.54) is 0 Å². The molecular weight excluding hydrogens is 236 g/mol. The first-order valence-electron chi connectivity index (χ1n) is 5.01. The zero-order valence-electron chi connectivity index (χ0n) is 9.01. The molecule has 0 atom stereocenters. The predicted molar refractivity (Wildman–Crippen MR) is 70.3 cm³/mol. The minimum Gasteiger partial charge on any atom is -0.391 e. The average Bonchev–Trinajstić information content (AvgIpc) is 2.33. The molecule has 6 heteroatoms. The molecule has 1 heterocycles. The van der Waals surface area contributed by atoms with Crippen molar-refractivity contribution in [2.45, 2.75) is 6.54 Å². The number of anilines is 2. The van der Waals surface area contributed by atoms with Crippen molar-refractivity contribution in [3.05, 3.63) is 51.0 Å². The number of nitrogens with zero attached hydrogens (tertiary/aromatic N) is 1. The van der Waals surface area contributed by atoms with Crippen LogP contribution < -0.4 is 17.0 Å². The van der Waals surface area contributed by atoms with Crippen molar-refractivity contribution in [1.82, 2.24) is 9.55 Å². The molecule has 0 aliphatic rings. The molecule has 0 aliphatic carbocycles. The molecule has 0 bridgehead atoms. The number of nitrogens with one attached hydrogen (secondary N) is 1. The van der Waals surface area contributed by atoms with Gasteiger partial charge in [0, 0.05) is 0 Å². The predicted octanol–water partition coefficient (Wildman–Crippen LogP) is 1.12. The first-order chi connectivity index (χ1) is 8.09. The van der Waals surface area contributed by atoms with E-state index < -0.39 is 5.56 Å². The Morgan fingerprint density at radius 2 is 1.88 bits per heavy atom. The summed E-state index contributed by atoms with van der Waals surface area (Å²) in [5.74, 6) is 0.197. The molecule has 0 saturated carbocycles. The van der Waals surface area contributed by atoms with Gasteiger partial charge in [-0.1, -0.05) is 30.3 Å². The highest BCUT2D eigenvalue weighted by Gasteiger charge is 2.07. The Balaban J connectivity index is 2.51. The van der Waals surface area contributed by atoms with Crippen molar-refractivity contribution in [1.29, 1.82) is 0 Å². The van der Waals surface area contributed by atoms with Crippen LogP contribution in [-0.2, 0) is 6.54 Å². The van der Waals surface area contributed by atoms with Crippen LogP contribution in [0.3, 0.4) is 0 Å². The number of hydrogen-bond acceptors (Lipinski definition) is 4. The fourth-order valence-corrected chi connectivity index (χ4v) is 1.78. The summed E-state index contributed by atoms with van der Waals surface area (Å²) in [5, 5.41) is 0. The van der Waals surface area contributed by atoms with Crippen molar-refractivity contribution in [3.8, 4) is 0 Å². The van der Waals surface area contributed by atoms with Crippen molar-refractivity contribution < 1.29 is 0 Å². The number of H-pyrrole nitrogens is 1. The summed E-state index contributed by atoms with van der Waals surface area (Å²) in [6.45, 7) is 0.479. The lowest BCUT2D eigenvalue weighted by molar-refractivity contribution is 0.760. The molecule has 0 fully saturated rings. The van der Waals surface area contributed by atoms with Crippen LogP contribution in [0.5, 0.6) is 0 Å². The Hall–Kier alpha value is -2.08. The van der Waals surface area contributed by atoms with E-state index in [0.29, 0.717) is 6.54 Å². The van der Waals surface area contributed by atoms with Gasteiger partial charge in [-0.05, 0) is 17.8 Å². The second kappa shape index (κ2) is 4.42. The lowest BCUT2D eigenvalue weighted by atomic mass is 10.2. The summed E-state index contributed by atoms with van der Waals surface area (Å²) < 4.78 is 1.87. The van der Waals surface area contributed by atoms with Crippen LogP contribution in [0, 0.1) is 4.77 Å². The summed E-state index contributed by atoms with van der Waals surface area (Å²) in [5.41, 5.74) is 11.9. The average molecular weight is 248 g/mol. The van der Waals surface area contributed by atoms with Gasteiger partial charge in [-0.3, -0.25) is 14.3 Å². The fourth-order valence-electron chi connectivity index (χ4n) is 1.53. The third-order valence-corrected chi connectivity index (χ3v) is 2.78. The van der Waals surface area contributed by atoms with Crippen LogP contribution in [-0.4, -0.2) is 9.55 Å². The number of nitrogen functional groups attached to an aromatic ring is 2. The number of nitrogens with two attached hydrogens (primary N) is 2. The quantitative estimate of drug-likeness (QED) is 0.695. The Kier molecular flexibility index (Phi) is 2.97. The molecule has 0 radical (unpaired) electrons. The van der Waals surface area contributed by atoms with Crippen LogP contribution in [0.1, 0.15) is 5.56 Å². The van der Waals surface area contributed by atoms with Crippen LogP contribution in [0.4, 0.5) is 11.5 Å². The number of aromatic nitrogens is 2. The zero-order chi connectivity index (χ0) is 12.4. The van der Waals surface area contributed by atoms with Gasteiger partial charge < -0.3 is 11.5 Å². The van der Waals surface area contributed by atoms with E-state index in [4.69, 9.17) is 23.7 Å². The van der Waals surface area contributed by atoms with Gasteiger partial charge in [-0.15, -0.1) is 0 Å². The van der Waals surface area contributed by atoms with Crippen LogP contribution in [0.2, 0.25) is 0 Å². The van der Waals surface area contributed by atoms with Gasteiger partial charge >= 0.3 is 0 Å². The molecule has 88 valence electrons. The molecule has 5 N–H and O–H groups in total. The molecule has 1 aromatic carbocycles. The smallest absolute Gasteiger partial charge is 0.277 e. The largest absolute Gasteiger partial charge is 0.391 e. The van der Waals surface area contributed by atoms with E-state index in [0.717, 1.165) is 5.56 Å². The highest BCUT2D eigenvalue weighted by Crippen LogP contribution is 2.11. The Bertz CT molecular complexity index is 645. The van der Waals surface area contributed by atoms with Crippen LogP contribution in [0.25, 0.3) is 0 Å². The SMILES string of the molecule is Nc1c(N)n(Cc2ccccc2)c(=S)[nH]c1=O. The lowest BCUT2D eigenvalue weighted by Crippen LogP contribution is -2.21. The molecule has 1 aromatic heterocycles. The molecule has 0 saturated heterocycles. The van der Waals surface area contributed by atoms with Gasteiger partial charge in [-0.25, -0.2) is 0 Å². The molecule has 0 amide bonds. The van der Waals surface area contributed by atoms with Crippen molar-refractivity contribution >= 4 is 23.7 Å². The Morgan fingerprint density at radius 3 is 2.53 bits per heavy atom. The molecule has 0 aliphatic heterocycles. The highest BCUT2D eigenvalue weighted by atomic mass is 32.1. The minimum absolute atomic E-state index is 0.00506.